The van der Waals surface area contributed by atoms with E-state index < -0.39 is 0 Å². The molecule has 1 aromatic carbocycles. The van der Waals surface area contributed by atoms with E-state index in [2.05, 4.69) is 37.5 Å². The topological polar surface area (TPSA) is 32.3 Å². The zero-order valence-corrected chi connectivity index (χ0v) is 9.21. The second-order valence-corrected chi connectivity index (χ2v) is 4.14. The second-order valence-electron chi connectivity index (χ2n) is 4.14. The molecule has 1 aromatic rings. The van der Waals surface area contributed by atoms with E-state index in [0.717, 1.165) is 18.7 Å². The normalized spacial score (nSPS) is 16.4. The SMILES string of the molecule is Cc1cc(C)cc(N2CCCC(=O)N2)c1. The summed E-state index contributed by atoms with van der Waals surface area (Å²) in [5, 5.41) is 1.94. The van der Waals surface area contributed by atoms with Crippen molar-refractivity contribution >= 4 is 11.6 Å². The minimum absolute atomic E-state index is 0.111. The van der Waals surface area contributed by atoms with Crippen LogP contribution in [0.25, 0.3) is 0 Å². The van der Waals surface area contributed by atoms with Crippen LogP contribution in [0.15, 0.2) is 18.2 Å². The Hall–Kier alpha value is -1.51. The summed E-state index contributed by atoms with van der Waals surface area (Å²) in [4.78, 5) is 11.3. The van der Waals surface area contributed by atoms with Gasteiger partial charge in [-0.15, -0.1) is 0 Å². The summed E-state index contributed by atoms with van der Waals surface area (Å²) in [7, 11) is 0. The molecule has 0 bridgehead atoms. The molecule has 3 nitrogen and oxygen atoms in total. The average molecular weight is 204 g/mol. The Kier molecular flexibility index (Phi) is 2.62. The number of anilines is 1. The number of hydrogen-bond acceptors (Lipinski definition) is 2. The van der Waals surface area contributed by atoms with Crippen LogP contribution in [0, 0.1) is 13.8 Å². The molecule has 1 N–H and O–H groups in total. The van der Waals surface area contributed by atoms with Crippen LogP contribution in [0.2, 0.25) is 0 Å². The van der Waals surface area contributed by atoms with E-state index in [1.54, 1.807) is 0 Å². The minimum atomic E-state index is 0.111. The molecular formula is C12H16N2O. The number of hydrogen-bond donors (Lipinski definition) is 1. The summed E-state index contributed by atoms with van der Waals surface area (Å²) in [5.41, 5.74) is 6.42. The highest BCUT2D eigenvalue weighted by Gasteiger charge is 2.16. The maximum absolute atomic E-state index is 11.3. The number of carbonyl (C=O) groups is 1. The van der Waals surface area contributed by atoms with Crippen molar-refractivity contribution < 1.29 is 4.79 Å². The number of hydrazine groups is 1. The minimum Gasteiger partial charge on any atom is -0.286 e. The molecule has 0 unspecified atom stereocenters. The number of rotatable bonds is 1. The van der Waals surface area contributed by atoms with Crippen LogP contribution >= 0.6 is 0 Å². The van der Waals surface area contributed by atoms with Crippen LogP contribution in [0.1, 0.15) is 24.0 Å². The van der Waals surface area contributed by atoms with Crippen molar-refractivity contribution in [3.05, 3.63) is 29.3 Å². The standard InChI is InChI=1S/C12H16N2O/c1-9-6-10(2)8-11(7-9)14-5-3-4-12(15)13-14/h6-8H,3-5H2,1-2H3,(H,13,15). The third-order valence-corrected chi connectivity index (χ3v) is 2.56. The Morgan fingerprint density at radius 3 is 2.47 bits per heavy atom. The molecule has 2 rings (SSSR count). The van der Waals surface area contributed by atoms with E-state index in [0.29, 0.717) is 6.42 Å². The second kappa shape index (κ2) is 3.93. The van der Waals surface area contributed by atoms with Crippen molar-refractivity contribution in [1.29, 1.82) is 0 Å². The Balaban J connectivity index is 2.24. The summed E-state index contributed by atoms with van der Waals surface area (Å²) in [6.45, 7) is 5.04. The molecule has 0 spiro atoms. The molecular weight excluding hydrogens is 188 g/mol. The molecule has 1 aliphatic heterocycles. The number of aryl methyl sites for hydroxylation is 2. The van der Waals surface area contributed by atoms with Crippen molar-refractivity contribution in [2.24, 2.45) is 0 Å². The molecule has 1 fully saturated rings. The fourth-order valence-electron chi connectivity index (χ4n) is 1.96. The van der Waals surface area contributed by atoms with Gasteiger partial charge in [0.2, 0.25) is 5.91 Å². The van der Waals surface area contributed by atoms with E-state index >= 15 is 0 Å². The van der Waals surface area contributed by atoms with Gasteiger partial charge in [0, 0.05) is 13.0 Å². The quantitative estimate of drug-likeness (QED) is 0.758. The molecule has 0 radical (unpaired) electrons. The number of nitrogens with zero attached hydrogens (tertiary/aromatic N) is 1. The van der Waals surface area contributed by atoms with E-state index in [4.69, 9.17) is 0 Å². The number of amides is 1. The summed E-state index contributed by atoms with van der Waals surface area (Å²) in [6.07, 6.45) is 1.57. The predicted octanol–water partition coefficient (Wildman–Crippen LogP) is 1.93. The summed E-state index contributed by atoms with van der Waals surface area (Å²) >= 11 is 0. The highest BCUT2D eigenvalue weighted by Crippen LogP contribution is 2.19. The first-order valence-corrected chi connectivity index (χ1v) is 5.30. The zero-order chi connectivity index (χ0) is 10.8. The molecule has 0 aliphatic carbocycles. The lowest BCUT2D eigenvalue weighted by Crippen LogP contribution is -2.46. The number of benzene rings is 1. The first kappa shape index (κ1) is 10.0. The van der Waals surface area contributed by atoms with Gasteiger partial charge in [-0.25, -0.2) is 0 Å². The Labute approximate surface area is 90.1 Å². The van der Waals surface area contributed by atoms with Gasteiger partial charge in [-0.05, 0) is 43.5 Å². The van der Waals surface area contributed by atoms with Crippen molar-refractivity contribution in [2.75, 3.05) is 11.6 Å². The molecule has 0 saturated carbocycles. The fourth-order valence-corrected chi connectivity index (χ4v) is 1.96. The van der Waals surface area contributed by atoms with Gasteiger partial charge in [-0.2, -0.15) is 0 Å². The molecule has 80 valence electrons. The van der Waals surface area contributed by atoms with Gasteiger partial charge in [0.15, 0.2) is 0 Å². The molecule has 1 saturated heterocycles. The molecule has 15 heavy (non-hydrogen) atoms. The van der Waals surface area contributed by atoms with Crippen LogP contribution < -0.4 is 10.4 Å². The lowest BCUT2D eigenvalue weighted by atomic mass is 10.1. The van der Waals surface area contributed by atoms with Crippen LogP contribution in [-0.2, 0) is 4.79 Å². The maximum Gasteiger partial charge on any atom is 0.238 e. The van der Waals surface area contributed by atoms with Gasteiger partial charge in [-0.1, -0.05) is 6.07 Å². The Bertz CT molecular complexity index is 367. The smallest absolute Gasteiger partial charge is 0.238 e. The summed E-state index contributed by atoms with van der Waals surface area (Å²) < 4.78 is 0. The first-order valence-electron chi connectivity index (χ1n) is 5.30. The maximum atomic E-state index is 11.3. The van der Waals surface area contributed by atoms with E-state index in [1.165, 1.54) is 11.1 Å². The molecule has 3 heteroatoms. The van der Waals surface area contributed by atoms with Crippen LogP contribution in [0.5, 0.6) is 0 Å². The summed E-state index contributed by atoms with van der Waals surface area (Å²) in [5.74, 6) is 0.111. The van der Waals surface area contributed by atoms with Crippen LogP contribution in [0.3, 0.4) is 0 Å². The largest absolute Gasteiger partial charge is 0.286 e. The van der Waals surface area contributed by atoms with E-state index in [-0.39, 0.29) is 5.91 Å². The van der Waals surface area contributed by atoms with Crippen LogP contribution in [0.4, 0.5) is 5.69 Å². The predicted molar refractivity (Wildman–Crippen MR) is 60.6 cm³/mol. The van der Waals surface area contributed by atoms with Gasteiger partial charge >= 0.3 is 0 Å². The molecule has 1 heterocycles. The number of carbonyl (C=O) groups excluding carboxylic acids is 1. The zero-order valence-electron chi connectivity index (χ0n) is 9.21. The van der Waals surface area contributed by atoms with Crippen molar-refractivity contribution in [2.45, 2.75) is 26.7 Å². The highest BCUT2D eigenvalue weighted by atomic mass is 16.2. The monoisotopic (exact) mass is 204 g/mol. The van der Waals surface area contributed by atoms with Crippen molar-refractivity contribution in [3.8, 4) is 0 Å². The average Bonchev–Trinajstić information content (AvgIpc) is 2.16. The Morgan fingerprint density at radius 1 is 1.20 bits per heavy atom. The van der Waals surface area contributed by atoms with Crippen molar-refractivity contribution in [3.63, 3.8) is 0 Å². The molecule has 1 aliphatic rings. The van der Waals surface area contributed by atoms with Gasteiger partial charge in [0.25, 0.3) is 0 Å². The van der Waals surface area contributed by atoms with Gasteiger partial charge in [-0.3, -0.25) is 15.2 Å². The fraction of sp³-hybridized carbons (Fsp3) is 0.417. The lowest BCUT2D eigenvalue weighted by molar-refractivity contribution is -0.122. The van der Waals surface area contributed by atoms with Gasteiger partial charge < -0.3 is 0 Å². The van der Waals surface area contributed by atoms with Crippen LogP contribution in [-0.4, -0.2) is 12.5 Å². The van der Waals surface area contributed by atoms with E-state index in [1.807, 2.05) is 5.01 Å². The Morgan fingerprint density at radius 2 is 1.87 bits per heavy atom. The first-order chi connectivity index (χ1) is 7.15. The highest BCUT2D eigenvalue weighted by molar-refractivity contribution is 5.79. The lowest BCUT2D eigenvalue weighted by Gasteiger charge is -2.29. The molecule has 0 atom stereocenters. The third kappa shape index (κ3) is 2.29. The third-order valence-electron chi connectivity index (χ3n) is 2.56. The van der Waals surface area contributed by atoms with E-state index in [9.17, 15) is 4.79 Å². The molecule has 1 amide bonds. The number of nitrogens with one attached hydrogen (secondary N) is 1. The molecule has 0 aromatic heterocycles. The van der Waals surface area contributed by atoms with Gasteiger partial charge in [0.1, 0.15) is 0 Å². The van der Waals surface area contributed by atoms with Gasteiger partial charge in [0.05, 0.1) is 5.69 Å². The summed E-state index contributed by atoms with van der Waals surface area (Å²) in [6, 6.07) is 6.33. The van der Waals surface area contributed by atoms with Crippen molar-refractivity contribution in [1.82, 2.24) is 5.43 Å².